The van der Waals surface area contributed by atoms with Gasteiger partial charge in [0.05, 0.1) is 16.9 Å². The van der Waals surface area contributed by atoms with Gasteiger partial charge >= 0.3 is 4.87 Å². The minimum absolute atomic E-state index is 0.0327. The van der Waals surface area contributed by atoms with Gasteiger partial charge in [-0.05, 0) is 61.1 Å². The number of thioether (sulfide) groups is 1. The maximum absolute atomic E-state index is 13.7. The summed E-state index contributed by atoms with van der Waals surface area (Å²) in [5.41, 5.74) is 1.02. The third-order valence-electron chi connectivity index (χ3n) is 9.33. The van der Waals surface area contributed by atoms with Gasteiger partial charge in [-0.3, -0.25) is 24.1 Å². The number of piperidine rings is 1. The lowest BCUT2D eigenvalue weighted by molar-refractivity contribution is -0.141. The Morgan fingerprint density at radius 1 is 1.00 bits per heavy atom. The van der Waals surface area contributed by atoms with Crippen molar-refractivity contribution >= 4 is 40.8 Å². The van der Waals surface area contributed by atoms with E-state index in [4.69, 9.17) is 0 Å². The number of benzene rings is 1. The number of likely N-dealkylation sites (tertiary alicyclic amines) is 2. The first-order valence-corrected chi connectivity index (χ1v) is 14.9. The monoisotopic (exact) mass is 539 g/mol. The lowest BCUT2D eigenvalue weighted by atomic mass is 9.68. The zero-order valence-electron chi connectivity index (χ0n) is 20.3. The molecule has 4 fully saturated rings. The van der Waals surface area contributed by atoms with Crippen LogP contribution in [0, 0.1) is 29.6 Å². The molecule has 2 N–H and O–H groups in total. The Balaban J connectivity index is 1.17. The number of fused-ring (bicyclic) bond motifs is 9. The quantitative estimate of drug-likeness (QED) is 0.578. The second kappa shape index (κ2) is 8.73. The van der Waals surface area contributed by atoms with E-state index in [-0.39, 0.29) is 82.1 Å². The van der Waals surface area contributed by atoms with Crippen LogP contribution in [0.3, 0.4) is 0 Å². The van der Waals surface area contributed by atoms with Crippen LogP contribution in [0.15, 0.2) is 34.1 Å². The second-order valence-corrected chi connectivity index (χ2v) is 13.3. The number of nitrogens with one attached hydrogen (secondary N) is 1. The highest BCUT2D eigenvalue weighted by molar-refractivity contribution is 8.00. The lowest BCUT2D eigenvalue weighted by Crippen LogP contribution is -2.42. The maximum Gasteiger partial charge on any atom is 0.305 e. The molecule has 7 atom stereocenters. The molecule has 5 aliphatic rings. The molecule has 1 aromatic heterocycles. The molecule has 4 heterocycles. The molecule has 0 radical (unpaired) electrons. The Morgan fingerprint density at radius 2 is 1.70 bits per heavy atom. The molecule has 37 heavy (non-hydrogen) atoms. The predicted octanol–water partition coefficient (Wildman–Crippen LogP) is 3.02. The summed E-state index contributed by atoms with van der Waals surface area (Å²) < 4.78 is 0. The molecule has 8 nitrogen and oxygen atoms in total. The van der Waals surface area contributed by atoms with Crippen LogP contribution in [0.2, 0.25) is 0 Å². The van der Waals surface area contributed by atoms with Gasteiger partial charge in [-0.15, -0.1) is 11.8 Å². The normalized spacial score (nSPS) is 34.0. The molecule has 10 heteroatoms. The summed E-state index contributed by atoms with van der Waals surface area (Å²) in [7, 11) is 0. The Labute approximate surface area is 222 Å². The van der Waals surface area contributed by atoms with Crippen molar-refractivity contribution in [2.75, 3.05) is 19.6 Å². The Morgan fingerprint density at radius 3 is 2.43 bits per heavy atom. The van der Waals surface area contributed by atoms with Crippen molar-refractivity contribution in [3.05, 3.63) is 44.4 Å². The van der Waals surface area contributed by atoms with Crippen LogP contribution >= 0.6 is 23.1 Å². The molecule has 2 bridgehead atoms. The van der Waals surface area contributed by atoms with Gasteiger partial charge in [-0.25, -0.2) is 0 Å². The van der Waals surface area contributed by atoms with Crippen molar-refractivity contribution in [2.45, 2.75) is 48.3 Å². The zero-order valence-corrected chi connectivity index (χ0v) is 21.9. The summed E-state index contributed by atoms with van der Waals surface area (Å²) >= 11 is 2.89. The van der Waals surface area contributed by atoms with E-state index in [9.17, 15) is 24.3 Å². The standard InChI is InChI=1S/C27H29N3O5S2/c31-14-6-4-13(5-7-14)18-19-15-12-16(22(19)36-24-23(18)37-27(35)28-24)21-20(15)25(33)30(26(21)34)11-8-17(32)29-9-2-1-3-10-29/h4-7,15-16,18-22,31H,1-3,8-12H2,(H,28,35). The van der Waals surface area contributed by atoms with Crippen molar-refractivity contribution in [2.24, 2.45) is 29.6 Å². The average Bonchev–Trinajstić information content (AvgIpc) is 3.63. The number of carbonyl (C=O) groups is 3. The lowest BCUT2D eigenvalue weighted by Gasteiger charge is -2.43. The Bertz CT molecular complexity index is 1330. The molecule has 7 rings (SSSR count). The van der Waals surface area contributed by atoms with Crippen molar-refractivity contribution in [1.82, 2.24) is 14.8 Å². The summed E-state index contributed by atoms with van der Waals surface area (Å²) in [6, 6.07) is 7.15. The largest absolute Gasteiger partial charge is 0.508 e. The molecule has 7 unspecified atom stereocenters. The summed E-state index contributed by atoms with van der Waals surface area (Å²) in [4.78, 5) is 59.5. The number of carbonyl (C=O) groups excluding carboxylic acids is 3. The number of nitrogens with zero attached hydrogens (tertiary/aromatic N) is 2. The van der Waals surface area contributed by atoms with Gasteiger partial charge in [0.25, 0.3) is 0 Å². The fourth-order valence-corrected chi connectivity index (χ4v) is 10.8. The highest BCUT2D eigenvalue weighted by Gasteiger charge is 2.69. The van der Waals surface area contributed by atoms with E-state index in [1.807, 2.05) is 17.0 Å². The molecule has 1 aromatic carbocycles. The Kier molecular flexibility index (Phi) is 5.55. The number of phenols is 1. The third-order valence-corrected chi connectivity index (χ3v) is 11.9. The van der Waals surface area contributed by atoms with Gasteiger partial charge in [-0.2, -0.15) is 0 Å². The molecule has 2 saturated heterocycles. The van der Waals surface area contributed by atoms with E-state index >= 15 is 0 Å². The number of hydrogen-bond acceptors (Lipinski definition) is 7. The fourth-order valence-electron chi connectivity index (χ4n) is 7.86. The zero-order chi connectivity index (χ0) is 25.4. The molecular weight excluding hydrogens is 510 g/mol. The van der Waals surface area contributed by atoms with Gasteiger partial charge in [0.15, 0.2) is 0 Å². The van der Waals surface area contributed by atoms with Gasteiger partial charge in [0.2, 0.25) is 17.7 Å². The van der Waals surface area contributed by atoms with Crippen LogP contribution in [0.1, 0.15) is 48.5 Å². The Hall–Kier alpha value is -2.59. The highest BCUT2D eigenvalue weighted by Crippen LogP contribution is 2.68. The van der Waals surface area contributed by atoms with E-state index in [0.717, 1.165) is 54.2 Å². The SMILES string of the molecule is O=C(CCN1C(=O)C2C3CC(C2C1=O)C1C(c2ccc(O)cc2)c2sc(=O)[nH]c2SC31)N1CCCCC1. The van der Waals surface area contributed by atoms with Gasteiger partial charge in [-0.1, -0.05) is 23.5 Å². The minimum atomic E-state index is -0.346. The molecule has 2 saturated carbocycles. The number of aromatic nitrogens is 1. The van der Waals surface area contributed by atoms with Crippen LogP contribution in [0.5, 0.6) is 5.75 Å². The predicted molar refractivity (Wildman–Crippen MR) is 138 cm³/mol. The fraction of sp³-hybridized carbons (Fsp3) is 0.556. The summed E-state index contributed by atoms with van der Waals surface area (Å²) in [5.74, 6) is -0.488. The van der Waals surface area contributed by atoms with Crippen molar-refractivity contribution in [3.63, 3.8) is 0 Å². The average molecular weight is 540 g/mol. The maximum atomic E-state index is 13.7. The van der Waals surface area contributed by atoms with Crippen molar-refractivity contribution in [1.29, 1.82) is 0 Å². The van der Waals surface area contributed by atoms with Gasteiger partial charge in [0, 0.05) is 42.1 Å². The van der Waals surface area contributed by atoms with Crippen LogP contribution < -0.4 is 4.87 Å². The topological polar surface area (TPSA) is 111 Å². The molecule has 0 spiro atoms. The number of imide groups is 1. The van der Waals surface area contributed by atoms with E-state index in [0.29, 0.717) is 0 Å². The second-order valence-electron chi connectivity index (χ2n) is 11.1. The molecule has 3 amide bonds. The first-order valence-electron chi connectivity index (χ1n) is 13.2. The summed E-state index contributed by atoms with van der Waals surface area (Å²) in [6.45, 7) is 1.70. The number of H-pyrrole nitrogens is 1. The van der Waals surface area contributed by atoms with E-state index in [1.54, 1.807) is 23.9 Å². The molecule has 194 valence electrons. The number of thiazole rings is 1. The van der Waals surface area contributed by atoms with E-state index in [2.05, 4.69) is 4.98 Å². The van der Waals surface area contributed by atoms with Crippen LogP contribution in [0.4, 0.5) is 0 Å². The van der Waals surface area contributed by atoms with Crippen molar-refractivity contribution in [3.8, 4) is 5.75 Å². The molecule has 3 aliphatic heterocycles. The van der Waals surface area contributed by atoms with Crippen LogP contribution in [0.25, 0.3) is 0 Å². The first kappa shape index (κ1) is 23.5. The summed E-state index contributed by atoms with van der Waals surface area (Å²) in [6.07, 6.45) is 4.21. The van der Waals surface area contributed by atoms with Crippen LogP contribution in [-0.2, 0) is 14.4 Å². The number of amides is 3. The number of hydrogen-bond donors (Lipinski definition) is 2. The van der Waals surface area contributed by atoms with E-state index < -0.39 is 0 Å². The highest BCUT2D eigenvalue weighted by atomic mass is 32.2. The molecule has 2 aliphatic carbocycles. The molecular formula is C27H29N3O5S2. The number of rotatable bonds is 4. The van der Waals surface area contributed by atoms with Crippen LogP contribution in [-0.4, -0.2) is 62.5 Å². The van der Waals surface area contributed by atoms with Gasteiger partial charge < -0.3 is 15.0 Å². The molecule has 2 aromatic rings. The smallest absolute Gasteiger partial charge is 0.305 e. The number of aromatic hydroxyl groups is 1. The third kappa shape index (κ3) is 3.55. The minimum Gasteiger partial charge on any atom is -0.508 e. The summed E-state index contributed by atoms with van der Waals surface area (Å²) in [5, 5.41) is 10.9. The van der Waals surface area contributed by atoms with Gasteiger partial charge in [0.1, 0.15) is 5.75 Å². The number of phenolic OH excluding ortho intramolecular Hbond substituents is 1. The first-order chi connectivity index (χ1) is 17.9. The van der Waals surface area contributed by atoms with Crippen molar-refractivity contribution < 1.29 is 19.5 Å². The number of aromatic amines is 1. The van der Waals surface area contributed by atoms with E-state index in [1.165, 1.54) is 16.2 Å².